The molecule has 2 aromatic heterocycles. The number of nitrogens with two attached hydrogens (primary N) is 1. The molecule has 1 aliphatic heterocycles. The van der Waals surface area contributed by atoms with Crippen molar-refractivity contribution in [2.75, 3.05) is 25.4 Å². The van der Waals surface area contributed by atoms with E-state index in [9.17, 15) is 4.79 Å². The number of anilines is 1. The van der Waals surface area contributed by atoms with Crippen LogP contribution in [0.25, 0.3) is 11.2 Å². The third kappa shape index (κ3) is 3.35. The molecule has 1 aromatic carbocycles. The molecule has 27 heavy (non-hydrogen) atoms. The lowest BCUT2D eigenvalue weighted by Crippen LogP contribution is -2.49. The second-order valence-corrected chi connectivity index (χ2v) is 6.71. The molecule has 1 saturated heterocycles. The lowest BCUT2D eigenvalue weighted by atomic mass is 10.0. The Morgan fingerprint density at radius 1 is 1.26 bits per heavy atom. The van der Waals surface area contributed by atoms with Gasteiger partial charge in [0.15, 0.2) is 11.5 Å². The van der Waals surface area contributed by atoms with E-state index in [1.165, 1.54) is 11.9 Å². The van der Waals surface area contributed by atoms with Crippen LogP contribution in [0, 0.1) is 0 Å². The van der Waals surface area contributed by atoms with Gasteiger partial charge in [-0.3, -0.25) is 4.79 Å². The number of carbonyl (C=O) groups excluding carboxylic acids is 1. The number of nitrogen functional groups attached to an aromatic ring is 1. The maximum Gasteiger partial charge on any atom is 0.243 e. The van der Waals surface area contributed by atoms with Gasteiger partial charge in [0.25, 0.3) is 0 Å². The number of carbonyl (C=O) groups is 1. The zero-order valence-electron chi connectivity index (χ0n) is 15.3. The quantitative estimate of drug-likeness (QED) is 0.719. The average molecular weight is 365 g/mol. The summed E-state index contributed by atoms with van der Waals surface area (Å²) in [5, 5.41) is 3.39. The van der Waals surface area contributed by atoms with Crippen molar-refractivity contribution in [1.82, 2.24) is 29.7 Å². The smallest absolute Gasteiger partial charge is 0.243 e. The Morgan fingerprint density at radius 3 is 2.85 bits per heavy atom. The lowest BCUT2D eigenvalue weighted by Gasteiger charge is -2.36. The van der Waals surface area contributed by atoms with Gasteiger partial charge in [0, 0.05) is 19.6 Å². The van der Waals surface area contributed by atoms with Crippen LogP contribution in [-0.2, 0) is 17.8 Å². The van der Waals surface area contributed by atoms with E-state index in [1.54, 1.807) is 10.9 Å². The number of aryl methyl sites for hydroxylation is 1. The van der Waals surface area contributed by atoms with E-state index in [-0.39, 0.29) is 18.5 Å². The van der Waals surface area contributed by atoms with E-state index >= 15 is 0 Å². The van der Waals surface area contributed by atoms with Crippen molar-refractivity contribution < 1.29 is 4.79 Å². The monoisotopic (exact) mass is 365 g/mol. The normalized spacial score (nSPS) is 17.4. The highest BCUT2D eigenvalue weighted by Gasteiger charge is 2.28. The number of hydrogen-bond acceptors (Lipinski definition) is 6. The summed E-state index contributed by atoms with van der Waals surface area (Å²) >= 11 is 0. The number of rotatable bonds is 4. The van der Waals surface area contributed by atoms with Crippen LogP contribution in [0.5, 0.6) is 0 Å². The number of hydrogen-bond donors (Lipinski definition) is 2. The molecule has 1 unspecified atom stereocenters. The van der Waals surface area contributed by atoms with Crippen LogP contribution in [0.1, 0.15) is 24.1 Å². The van der Waals surface area contributed by atoms with E-state index < -0.39 is 0 Å². The molecule has 8 heteroatoms. The van der Waals surface area contributed by atoms with Crippen LogP contribution in [-0.4, -0.2) is 50.0 Å². The SMILES string of the molecule is CCc1ccc(C2CNCCN2C(=O)Cn2cnc3c(N)ncnc32)cc1. The molecule has 0 aliphatic carbocycles. The van der Waals surface area contributed by atoms with Gasteiger partial charge in [-0.25, -0.2) is 15.0 Å². The van der Waals surface area contributed by atoms with Gasteiger partial charge < -0.3 is 20.5 Å². The molecule has 8 nitrogen and oxygen atoms in total. The van der Waals surface area contributed by atoms with Crippen LogP contribution < -0.4 is 11.1 Å². The van der Waals surface area contributed by atoms with Gasteiger partial charge in [-0.05, 0) is 17.5 Å². The van der Waals surface area contributed by atoms with Crippen molar-refractivity contribution in [2.24, 2.45) is 0 Å². The number of fused-ring (bicyclic) bond motifs is 1. The number of nitrogens with one attached hydrogen (secondary N) is 1. The summed E-state index contributed by atoms with van der Waals surface area (Å²) in [6.45, 7) is 4.52. The number of piperazine rings is 1. The van der Waals surface area contributed by atoms with Gasteiger partial charge >= 0.3 is 0 Å². The Kier molecular flexibility index (Phi) is 4.72. The average Bonchev–Trinajstić information content (AvgIpc) is 3.12. The minimum absolute atomic E-state index is 0.0200. The van der Waals surface area contributed by atoms with Gasteiger partial charge in [-0.2, -0.15) is 0 Å². The predicted octanol–water partition coefficient (Wildman–Crippen LogP) is 1.14. The van der Waals surface area contributed by atoms with Crippen molar-refractivity contribution in [3.63, 3.8) is 0 Å². The molecule has 0 spiro atoms. The highest BCUT2D eigenvalue weighted by atomic mass is 16.2. The first-order chi connectivity index (χ1) is 13.2. The van der Waals surface area contributed by atoms with Gasteiger partial charge in [0.1, 0.15) is 18.4 Å². The zero-order valence-corrected chi connectivity index (χ0v) is 15.3. The molecule has 1 amide bonds. The molecule has 1 fully saturated rings. The predicted molar refractivity (Wildman–Crippen MR) is 103 cm³/mol. The minimum atomic E-state index is 0.0200. The Bertz CT molecular complexity index is 950. The Morgan fingerprint density at radius 2 is 2.07 bits per heavy atom. The zero-order chi connectivity index (χ0) is 18.8. The fourth-order valence-electron chi connectivity index (χ4n) is 3.53. The second kappa shape index (κ2) is 7.32. The fraction of sp³-hybridized carbons (Fsp3) is 0.368. The van der Waals surface area contributed by atoms with Gasteiger partial charge in [-0.15, -0.1) is 0 Å². The molecule has 0 radical (unpaired) electrons. The van der Waals surface area contributed by atoms with Gasteiger partial charge in [0.2, 0.25) is 5.91 Å². The summed E-state index contributed by atoms with van der Waals surface area (Å²) in [6, 6.07) is 8.53. The molecule has 140 valence electrons. The number of amides is 1. The molecule has 0 bridgehead atoms. The second-order valence-electron chi connectivity index (χ2n) is 6.71. The Hall–Kier alpha value is -3.00. The first kappa shape index (κ1) is 17.4. The van der Waals surface area contributed by atoms with E-state index in [2.05, 4.69) is 51.5 Å². The van der Waals surface area contributed by atoms with E-state index in [0.717, 1.165) is 25.1 Å². The van der Waals surface area contributed by atoms with Gasteiger partial charge in [0.05, 0.1) is 12.4 Å². The van der Waals surface area contributed by atoms with Crippen LogP contribution in [0.2, 0.25) is 0 Å². The molecule has 1 atom stereocenters. The maximum absolute atomic E-state index is 13.1. The lowest BCUT2D eigenvalue weighted by molar-refractivity contribution is -0.135. The van der Waals surface area contributed by atoms with Crippen LogP contribution >= 0.6 is 0 Å². The molecule has 1 aliphatic rings. The number of imidazole rings is 1. The van der Waals surface area contributed by atoms with Gasteiger partial charge in [-0.1, -0.05) is 31.2 Å². The summed E-state index contributed by atoms with van der Waals surface area (Å²) in [5.41, 5.74) is 9.38. The molecule has 3 aromatic rings. The van der Waals surface area contributed by atoms with Crippen molar-refractivity contribution in [2.45, 2.75) is 25.9 Å². The Labute approximate surface area is 157 Å². The highest BCUT2D eigenvalue weighted by molar-refractivity contribution is 5.83. The molecule has 4 rings (SSSR count). The number of nitrogens with zero attached hydrogens (tertiary/aromatic N) is 5. The standard InChI is InChI=1S/C19H23N7O/c1-2-13-3-5-14(6-4-13)15-9-21-7-8-26(15)16(27)10-25-12-24-17-18(20)22-11-23-19(17)25/h3-6,11-12,15,21H,2,7-10H2,1H3,(H2,20,22,23). The third-order valence-corrected chi connectivity index (χ3v) is 5.07. The number of benzene rings is 1. The van der Waals surface area contributed by atoms with Crippen LogP contribution in [0.3, 0.4) is 0 Å². The summed E-state index contributed by atoms with van der Waals surface area (Å²) in [4.78, 5) is 27.4. The summed E-state index contributed by atoms with van der Waals surface area (Å²) < 4.78 is 1.73. The van der Waals surface area contributed by atoms with Crippen molar-refractivity contribution in [3.05, 3.63) is 48.0 Å². The molecular formula is C19H23N7O. The summed E-state index contributed by atoms with van der Waals surface area (Å²) in [6.07, 6.45) is 3.99. The van der Waals surface area contributed by atoms with E-state index in [0.29, 0.717) is 23.5 Å². The highest BCUT2D eigenvalue weighted by Crippen LogP contribution is 2.24. The number of aromatic nitrogens is 4. The molecule has 0 saturated carbocycles. The largest absolute Gasteiger partial charge is 0.382 e. The van der Waals surface area contributed by atoms with Crippen LogP contribution in [0.4, 0.5) is 5.82 Å². The van der Waals surface area contributed by atoms with Crippen molar-refractivity contribution in [1.29, 1.82) is 0 Å². The van der Waals surface area contributed by atoms with E-state index in [1.807, 2.05) is 4.90 Å². The minimum Gasteiger partial charge on any atom is -0.382 e. The fourth-order valence-corrected chi connectivity index (χ4v) is 3.53. The van der Waals surface area contributed by atoms with Crippen LogP contribution in [0.15, 0.2) is 36.9 Å². The molecular weight excluding hydrogens is 342 g/mol. The first-order valence-corrected chi connectivity index (χ1v) is 9.17. The van der Waals surface area contributed by atoms with Crippen molar-refractivity contribution in [3.8, 4) is 0 Å². The maximum atomic E-state index is 13.1. The molecule has 3 heterocycles. The summed E-state index contributed by atoms with van der Waals surface area (Å²) in [5.74, 6) is 0.361. The van der Waals surface area contributed by atoms with E-state index in [4.69, 9.17) is 5.73 Å². The topological polar surface area (TPSA) is 102 Å². The third-order valence-electron chi connectivity index (χ3n) is 5.07. The summed E-state index contributed by atoms with van der Waals surface area (Å²) in [7, 11) is 0. The first-order valence-electron chi connectivity index (χ1n) is 9.17. The van der Waals surface area contributed by atoms with Crippen molar-refractivity contribution >= 4 is 22.9 Å². The Balaban J connectivity index is 1.57. The molecule has 3 N–H and O–H groups in total.